The van der Waals surface area contributed by atoms with Gasteiger partial charge in [-0.2, -0.15) is 16.9 Å². The minimum Gasteiger partial charge on any atom is -0.370 e. The van der Waals surface area contributed by atoms with Gasteiger partial charge in [-0.3, -0.25) is 9.67 Å². The molecule has 0 aliphatic carbocycles. The Morgan fingerprint density at radius 3 is 2.79 bits per heavy atom. The Balaban J connectivity index is 0.00000300. The summed E-state index contributed by atoms with van der Waals surface area (Å²) in [6.07, 6.45) is 3.71. The number of halogens is 1. The number of guanidine groups is 1. The lowest BCUT2D eigenvalue weighted by Gasteiger charge is -2.34. The average molecular weight is 559 g/mol. The van der Waals surface area contributed by atoms with Crippen LogP contribution in [0.25, 0.3) is 0 Å². The molecule has 0 saturated carbocycles. The molecule has 0 spiro atoms. The van der Waals surface area contributed by atoms with Crippen LogP contribution in [0, 0.1) is 0 Å². The highest BCUT2D eigenvalue weighted by Crippen LogP contribution is 2.21. The summed E-state index contributed by atoms with van der Waals surface area (Å²) in [5.41, 5.74) is 1.04. The summed E-state index contributed by atoms with van der Waals surface area (Å²) in [5.74, 6) is 2.52. The van der Waals surface area contributed by atoms with Crippen molar-refractivity contribution < 1.29 is 13.2 Å². The molecular formula is C17H31IN6O3S2. The predicted molar refractivity (Wildman–Crippen MR) is 128 cm³/mol. The van der Waals surface area contributed by atoms with E-state index in [9.17, 15) is 8.42 Å². The summed E-state index contributed by atoms with van der Waals surface area (Å²) < 4.78 is 34.3. The molecule has 12 heteroatoms. The van der Waals surface area contributed by atoms with E-state index in [4.69, 9.17) is 4.74 Å². The van der Waals surface area contributed by atoms with Crippen molar-refractivity contribution in [1.82, 2.24) is 24.3 Å². The second kappa shape index (κ2) is 11.7. The highest BCUT2D eigenvalue weighted by molar-refractivity contribution is 14.0. The third-order valence-electron chi connectivity index (χ3n) is 4.77. The minimum atomic E-state index is -3.24. The van der Waals surface area contributed by atoms with Gasteiger partial charge in [0.1, 0.15) is 6.10 Å². The lowest BCUT2D eigenvalue weighted by Crippen LogP contribution is -2.48. The summed E-state index contributed by atoms with van der Waals surface area (Å²) in [5, 5.41) is 7.50. The zero-order valence-electron chi connectivity index (χ0n) is 17.0. The second-order valence-corrected chi connectivity index (χ2v) is 10.1. The molecule has 2 saturated heterocycles. The maximum atomic E-state index is 12.5. The van der Waals surface area contributed by atoms with Gasteiger partial charge in [-0.05, 0) is 6.92 Å². The second-order valence-electron chi connectivity index (χ2n) is 6.82. The molecule has 1 unspecified atom stereocenters. The van der Waals surface area contributed by atoms with E-state index in [1.54, 1.807) is 20.7 Å². The molecule has 1 aromatic rings. The Bertz CT molecular complexity index is 767. The number of nitrogens with zero attached hydrogens (tertiary/aromatic N) is 5. The molecular weight excluding hydrogens is 527 g/mol. The van der Waals surface area contributed by atoms with Crippen molar-refractivity contribution in [1.29, 1.82) is 0 Å². The van der Waals surface area contributed by atoms with E-state index >= 15 is 0 Å². The molecule has 3 rings (SSSR count). The van der Waals surface area contributed by atoms with Crippen molar-refractivity contribution in [2.24, 2.45) is 12.0 Å². The van der Waals surface area contributed by atoms with Crippen molar-refractivity contribution in [2.45, 2.75) is 13.0 Å². The fourth-order valence-corrected chi connectivity index (χ4v) is 5.75. The third-order valence-corrected chi connectivity index (χ3v) is 7.56. The first kappa shape index (κ1) is 24.7. The van der Waals surface area contributed by atoms with Crippen molar-refractivity contribution >= 4 is 51.7 Å². The number of hydrogen-bond donors (Lipinski definition) is 1. The van der Waals surface area contributed by atoms with Gasteiger partial charge in [0.25, 0.3) is 0 Å². The van der Waals surface area contributed by atoms with E-state index in [2.05, 4.69) is 20.3 Å². The first-order valence-corrected chi connectivity index (χ1v) is 12.4. The molecule has 29 heavy (non-hydrogen) atoms. The van der Waals surface area contributed by atoms with Crippen LogP contribution < -0.4 is 5.32 Å². The molecule has 0 radical (unpaired) electrons. The topological polar surface area (TPSA) is 92.1 Å². The molecule has 9 nitrogen and oxygen atoms in total. The lowest BCUT2D eigenvalue weighted by molar-refractivity contribution is -0.00802. The van der Waals surface area contributed by atoms with E-state index in [1.807, 2.05) is 26.4 Å². The van der Waals surface area contributed by atoms with E-state index in [0.717, 1.165) is 36.1 Å². The van der Waals surface area contributed by atoms with Crippen LogP contribution in [-0.2, 0) is 21.8 Å². The first-order valence-electron chi connectivity index (χ1n) is 9.68. The minimum absolute atomic E-state index is 0. The molecule has 166 valence electrons. The SMILES string of the molecule is CCNC(=NCCS(=O)(=O)N1CCSCC1)N1CCOC(c2cnn(C)c2)C1.I. The van der Waals surface area contributed by atoms with E-state index in [1.165, 1.54) is 0 Å². The quantitative estimate of drug-likeness (QED) is 0.313. The van der Waals surface area contributed by atoms with Gasteiger partial charge < -0.3 is 15.0 Å². The maximum Gasteiger partial charge on any atom is 0.215 e. The van der Waals surface area contributed by atoms with Crippen LogP contribution >= 0.6 is 35.7 Å². The summed E-state index contributed by atoms with van der Waals surface area (Å²) in [6.45, 7) is 6.17. The molecule has 3 heterocycles. The summed E-state index contributed by atoms with van der Waals surface area (Å²) in [6, 6.07) is 0. The predicted octanol–water partition coefficient (Wildman–Crippen LogP) is 0.756. The van der Waals surface area contributed by atoms with Gasteiger partial charge in [-0.25, -0.2) is 12.7 Å². The molecule has 2 fully saturated rings. The van der Waals surface area contributed by atoms with Crippen molar-refractivity contribution in [3.63, 3.8) is 0 Å². The monoisotopic (exact) mass is 558 g/mol. The lowest BCUT2D eigenvalue weighted by atomic mass is 10.1. The number of aryl methyl sites for hydroxylation is 1. The van der Waals surface area contributed by atoms with Gasteiger partial charge in [0.2, 0.25) is 10.0 Å². The average Bonchev–Trinajstić information content (AvgIpc) is 3.14. The zero-order valence-corrected chi connectivity index (χ0v) is 21.0. The van der Waals surface area contributed by atoms with Crippen LogP contribution in [0.4, 0.5) is 0 Å². The fourth-order valence-electron chi connectivity index (χ4n) is 3.30. The van der Waals surface area contributed by atoms with Gasteiger partial charge in [-0.1, -0.05) is 0 Å². The van der Waals surface area contributed by atoms with Gasteiger partial charge in [0, 0.05) is 56.5 Å². The number of hydrogen-bond acceptors (Lipinski definition) is 6. The third kappa shape index (κ3) is 6.97. The van der Waals surface area contributed by atoms with Crippen LogP contribution in [0.1, 0.15) is 18.6 Å². The van der Waals surface area contributed by atoms with Crippen LogP contribution in [0.5, 0.6) is 0 Å². The molecule has 2 aliphatic rings. The molecule has 0 bridgehead atoms. The van der Waals surface area contributed by atoms with Gasteiger partial charge in [0.05, 0.1) is 31.6 Å². The first-order chi connectivity index (χ1) is 13.5. The Morgan fingerprint density at radius 1 is 1.38 bits per heavy atom. The normalized spacial score (nSPS) is 21.7. The number of morpholine rings is 1. The molecule has 1 aromatic heterocycles. The summed E-state index contributed by atoms with van der Waals surface area (Å²) >= 11 is 1.80. The van der Waals surface area contributed by atoms with E-state index in [-0.39, 0.29) is 42.4 Å². The Morgan fingerprint density at radius 2 is 2.14 bits per heavy atom. The Kier molecular flexibility index (Phi) is 9.98. The Labute approximate surface area is 194 Å². The number of ether oxygens (including phenoxy) is 1. The number of nitrogens with one attached hydrogen (secondary N) is 1. The fraction of sp³-hybridized carbons (Fsp3) is 0.765. The van der Waals surface area contributed by atoms with Crippen LogP contribution in [-0.4, -0.2) is 96.5 Å². The van der Waals surface area contributed by atoms with Crippen molar-refractivity contribution in [3.05, 3.63) is 18.0 Å². The smallest absolute Gasteiger partial charge is 0.215 e. The molecule has 1 atom stereocenters. The van der Waals surface area contributed by atoms with Gasteiger partial charge >= 0.3 is 0 Å². The largest absolute Gasteiger partial charge is 0.370 e. The maximum absolute atomic E-state index is 12.5. The Hall–Kier alpha value is -0.570. The number of aromatic nitrogens is 2. The number of thioether (sulfide) groups is 1. The molecule has 0 amide bonds. The van der Waals surface area contributed by atoms with Crippen LogP contribution in [0.3, 0.4) is 0 Å². The number of sulfonamides is 1. The van der Waals surface area contributed by atoms with Crippen LogP contribution in [0.2, 0.25) is 0 Å². The number of rotatable bonds is 6. The van der Waals surface area contributed by atoms with Crippen LogP contribution in [0.15, 0.2) is 17.4 Å². The zero-order chi connectivity index (χ0) is 20.0. The van der Waals surface area contributed by atoms with Gasteiger partial charge in [-0.15, -0.1) is 24.0 Å². The van der Waals surface area contributed by atoms with E-state index < -0.39 is 10.0 Å². The van der Waals surface area contributed by atoms with E-state index in [0.29, 0.717) is 26.2 Å². The standard InChI is InChI=1S/C17H30N6O3S2.HI/c1-3-18-17(19-4-11-28(24,25)23-6-9-27-10-7-23)22-5-8-26-16(14-22)15-12-20-21(2)13-15;/h12-13,16H,3-11,14H2,1-2H3,(H,18,19);1H. The van der Waals surface area contributed by atoms with Gasteiger partial charge in [0.15, 0.2) is 5.96 Å². The van der Waals surface area contributed by atoms with Crippen molar-refractivity contribution in [2.75, 3.05) is 63.1 Å². The molecule has 2 aliphatic heterocycles. The van der Waals surface area contributed by atoms with Crippen molar-refractivity contribution in [3.8, 4) is 0 Å². The highest BCUT2D eigenvalue weighted by atomic mass is 127. The summed E-state index contributed by atoms with van der Waals surface area (Å²) in [7, 11) is -1.36. The molecule has 0 aromatic carbocycles. The summed E-state index contributed by atoms with van der Waals surface area (Å²) in [4.78, 5) is 6.73. The number of aliphatic imine (C=N–C) groups is 1. The molecule has 1 N–H and O–H groups in total. The highest BCUT2D eigenvalue weighted by Gasteiger charge is 2.26.